The Morgan fingerprint density at radius 3 is 2.56 bits per heavy atom. The molecule has 0 aromatic heterocycles. The summed E-state index contributed by atoms with van der Waals surface area (Å²) in [4.78, 5) is 0. The van der Waals surface area contributed by atoms with Gasteiger partial charge in [-0.2, -0.15) is 0 Å². The predicted molar refractivity (Wildman–Crippen MR) is 82.0 cm³/mol. The summed E-state index contributed by atoms with van der Waals surface area (Å²) < 4.78 is 0. The number of thioether (sulfide) groups is 1. The van der Waals surface area contributed by atoms with Gasteiger partial charge in [0.2, 0.25) is 0 Å². The van der Waals surface area contributed by atoms with E-state index in [9.17, 15) is 0 Å². The Hall–Kier alpha value is -0.470. The van der Waals surface area contributed by atoms with Gasteiger partial charge in [0.25, 0.3) is 0 Å². The van der Waals surface area contributed by atoms with Crippen molar-refractivity contribution in [2.45, 2.75) is 62.5 Å². The second-order valence-corrected chi connectivity index (χ2v) is 6.84. The largest absolute Gasteiger partial charge is 0.326 e. The highest BCUT2D eigenvalue weighted by atomic mass is 32.2. The molecule has 100 valence electrons. The lowest BCUT2D eigenvalue weighted by Crippen LogP contribution is -2.27. The van der Waals surface area contributed by atoms with Crippen molar-refractivity contribution in [1.82, 2.24) is 0 Å². The number of hydrogen-bond donors (Lipinski definition) is 1. The molecule has 1 fully saturated rings. The summed E-state index contributed by atoms with van der Waals surface area (Å²) in [5, 5.41) is 1.30. The lowest BCUT2D eigenvalue weighted by Gasteiger charge is -2.27. The van der Waals surface area contributed by atoms with Crippen LogP contribution in [0.15, 0.2) is 24.3 Å². The van der Waals surface area contributed by atoms with E-state index in [0.717, 1.165) is 11.7 Å². The Morgan fingerprint density at radius 2 is 1.94 bits per heavy atom. The fraction of sp³-hybridized carbons (Fsp3) is 0.625. The van der Waals surface area contributed by atoms with Crippen LogP contribution < -0.4 is 5.73 Å². The molecule has 1 aliphatic carbocycles. The Balaban J connectivity index is 2.16. The Kier molecular flexibility index (Phi) is 5.13. The summed E-state index contributed by atoms with van der Waals surface area (Å²) in [5.74, 6) is 0. The number of hydrogen-bond acceptors (Lipinski definition) is 2. The molecule has 0 heterocycles. The number of aryl methyl sites for hydroxylation is 1. The van der Waals surface area contributed by atoms with Gasteiger partial charge in [-0.1, -0.05) is 44.0 Å². The van der Waals surface area contributed by atoms with E-state index in [1.807, 2.05) is 0 Å². The number of rotatable bonds is 5. The topological polar surface area (TPSA) is 26.0 Å². The Labute approximate surface area is 116 Å². The predicted octanol–water partition coefficient (Wildman–Crippen LogP) is 4.45. The van der Waals surface area contributed by atoms with Crippen LogP contribution in [-0.2, 0) is 0 Å². The first-order valence-electron chi connectivity index (χ1n) is 7.19. The smallest absolute Gasteiger partial charge is 0.0453 e. The molecule has 2 atom stereocenters. The van der Waals surface area contributed by atoms with Gasteiger partial charge in [-0.05, 0) is 37.3 Å². The highest BCUT2D eigenvalue weighted by Crippen LogP contribution is 2.42. The van der Waals surface area contributed by atoms with E-state index in [1.165, 1.54) is 36.8 Å². The Morgan fingerprint density at radius 1 is 1.28 bits per heavy atom. The fourth-order valence-corrected chi connectivity index (χ4v) is 4.58. The van der Waals surface area contributed by atoms with Crippen molar-refractivity contribution in [2.75, 3.05) is 0 Å². The quantitative estimate of drug-likeness (QED) is 0.849. The second-order valence-electron chi connectivity index (χ2n) is 5.39. The van der Waals surface area contributed by atoms with Crippen LogP contribution in [0.2, 0.25) is 0 Å². The van der Waals surface area contributed by atoms with Crippen molar-refractivity contribution in [2.24, 2.45) is 5.73 Å². The molecule has 1 aromatic rings. The van der Waals surface area contributed by atoms with Crippen LogP contribution >= 0.6 is 11.8 Å². The van der Waals surface area contributed by atoms with Crippen LogP contribution in [0.1, 0.15) is 55.4 Å². The lowest BCUT2D eigenvalue weighted by atomic mass is 10.00. The van der Waals surface area contributed by atoms with E-state index < -0.39 is 0 Å². The third kappa shape index (κ3) is 3.30. The maximum atomic E-state index is 6.38. The second kappa shape index (κ2) is 6.63. The molecule has 1 aliphatic rings. The highest BCUT2D eigenvalue weighted by Gasteiger charge is 2.26. The first-order chi connectivity index (χ1) is 8.72. The van der Waals surface area contributed by atoms with Crippen molar-refractivity contribution >= 4 is 11.8 Å². The molecule has 0 aliphatic heterocycles. The maximum Gasteiger partial charge on any atom is 0.0453 e. The summed E-state index contributed by atoms with van der Waals surface area (Å²) in [5.41, 5.74) is 9.21. The van der Waals surface area contributed by atoms with Gasteiger partial charge in [0.05, 0.1) is 0 Å². The van der Waals surface area contributed by atoms with Gasteiger partial charge in [-0.15, -0.1) is 11.8 Å². The summed E-state index contributed by atoms with van der Waals surface area (Å²) in [6.07, 6.45) is 6.62. The van der Waals surface area contributed by atoms with Crippen LogP contribution in [0.4, 0.5) is 0 Å². The van der Waals surface area contributed by atoms with E-state index in [0.29, 0.717) is 5.25 Å². The number of nitrogens with two attached hydrogens (primary N) is 1. The van der Waals surface area contributed by atoms with Gasteiger partial charge in [0.15, 0.2) is 0 Å². The monoisotopic (exact) mass is 263 g/mol. The molecule has 18 heavy (non-hydrogen) atoms. The third-order valence-corrected chi connectivity index (χ3v) is 5.75. The molecule has 0 radical (unpaired) electrons. The maximum absolute atomic E-state index is 6.38. The van der Waals surface area contributed by atoms with Gasteiger partial charge in [-0.3, -0.25) is 0 Å². The summed E-state index contributed by atoms with van der Waals surface area (Å²) in [6, 6.07) is 9.01. The molecule has 0 spiro atoms. The average molecular weight is 263 g/mol. The van der Waals surface area contributed by atoms with Crippen LogP contribution in [-0.4, -0.2) is 11.3 Å². The van der Waals surface area contributed by atoms with Crippen molar-refractivity contribution < 1.29 is 0 Å². The minimum Gasteiger partial charge on any atom is -0.326 e. The molecule has 2 rings (SSSR count). The molecule has 2 N–H and O–H groups in total. The highest BCUT2D eigenvalue weighted by molar-refractivity contribution is 8.00. The summed E-state index contributed by atoms with van der Waals surface area (Å²) >= 11 is 2.13. The molecule has 2 unspecified atom stereocenters. The average Bonchev–Trinajstić information content (AvgIpc) is 2.89. The normalized spacial score (nSPS) is 19.9. The van der Waals surface area contributed by atoms with Crippen LogP contribution in [0.5, 0.6) is 0 Å². The molecule has 0 bridgehead atoms. The zero-order chi connectivity index (χ0) is 13.0. The Bertz CT molecular complexity index is 371. The van der Waals surface area contributed by atoms with E-state index in [-0.39, 0.29) is 6.04 Å². The third-order valence-electron chi connectivity index (χ3n) is 4.00. The lowest BCUT2D eigenvalue weighted by molar-refractivity contribution is 0.629. The van der Waals surface area contributed by atoms with Crippen LogP contribution in [0.25, 0.3) is 0 Å². The first kappa shape index (κ1) is 14.0. The van der Waals surface area contributed by atoms with E-state index in [1.54, 1.807) is 0 Å². The summed E-state index contributed by atoms with van der Waals surface area (Å²) in [7, 11) is 0. The van der Waals surface area contributed by atoms with Crippen molar-refractivity contribution in [3.05, 3.63) is 35.4 Å². The van der Waals surface area contributed by atoms with E-state index in [2.05, 4.69) is 49.9 Å². The molecule has 1 aromatic carbocycles. The molecular formula is C16H25NS. The fourth-order valence-electron chi connectivity index (χ4n) is 2.76. The summed E-state index contributed by atoms with van der Waals surface area (Å²) in [6.45, 7) is 4.41. The van der Waals surface area contributed by atoms with E-state index >= 15 is 0 Å². The molecular weight excluding hydrogens is 238 g/mol. The van der Waals surface area contributed by atoms with Gasteiger partial charge in [0, 0.05) is 16.5 Å². The standard InChI is InChI=1S/C16H25NS/c1-3-15(17)16(18-13-9-5-6-10-13)14-11-7-4-8-12(14)2/h4,7-8,11,13,15-16H,3,5-6,9-10,17H2,1-2H3. The molecule has 0 saturated heterocycles. The van der Waals surface area contributed by atoms with E-state index in [4.69, 9.17) is 5.73 Å². The zero-order valence-electron chi connectivity index (χ0n) is 11.6. The molecule has 1 saturated carbocycles. The van der Waals surface area contributed by atoms with Crippen molar-refractivity contribution in [3.8, 4) is 0 Å². The van der Waals surface area contributed by atoms with Gasteiger partial charge in [0.1, 0.15) is 0 Å². The minimum absolute atomic E-state index is 0.275. The van der Waals surface area contributed by atoms with Gasteiger partial charge < -0.3 is 5.73 Å². The minimum atomic E-state index is 0.275. The zero-order valence-corrected chi connectivity index (χ0v) is 12.4. The SMILES string of the molecule is CCC(N)C(SC1CCCC1)c1ccccc1C. The first-order valence-corrected chi connectivity index (χ1v) is 8.13. The van der Waals surface area contributed by atoms with Crippen LogP contribution in [0, 0.1) is 6.92 Å². The number of benzene rings is 1. The molecule has 1 nitrogen and oxygen atoms in total. The van der Waals surface area contributed by atoms with Gasteiger partial charge >= 0.3 is 0 Å². The van der Waals surface area contributed by atoms with Crippen molar-refractivity contribution in [3.63, 3.8) is 0 Å². The molecule has 2 heteroatoms. The van der Waals surface area contributed by atoms with Crippen LogP contribution in [0.3, 0.4) is 0 Å². The molecule has 0 amide bonds. The van der Waals surface area contributed by atoms with Crippen molar-refractivity contribution in [1.29, 1.82) is 0 Å². The van der Waals surface area contributed by atoms with Gasteiger partial charge in [-0.25, -0.2) is 0 Å².